The van der Waals surface area contributed by atoms with E-state index in [9.17, 15) is 0 Å². The molecule has 33 heavy (non-hydrogen) atoms. The summed E-state index contributed by atoms with van der Waals surface area (Å²) in [5.74, 6) is 0. The Hall–Kier alpha value is 0.111. The van der Waals surface area contributed by atoms with Crippen LogP contribution in [0.4, 0.5) is 0 Å². The molecule has 7 nitrogen and oxygen atoms in total. The van der Waals surface area contributed by atoms with Gasteiger partial charge in [0, 0.05) is 54.7 Å². The lowest BCUT2D eigenvalue weighted by Gasteiger charge is -2.28. The largest absolute Gasteiger partial charge is 0.500 e. The molecule has 0 saturated heterocycles. The monoisotopic (exact) mass is 523 g/mol. The highest BCUT2D eigenvalue weighted by Gasteiger charge is 2.38. The van der Waals surface area contributed by atoms with Crippen LogP contribution in [0.2, 0.25) is 18.1 Å². The summed E-state index contributed by atoms with van der Waals surface area (Å²) in [4.78, 5) is 0. The second-order valence-electron chi connectivity index (χ2n) is 8.55. The van der Waals surface area contributed by atoms with Crippen LogP contribution in [0.1, 0.15) is 64.2 Å². The number of unbranched alkanes of at least 4 members (excludes halogenated alkanes) is 7. The molecule has 198 valence electrons. The summed E-state index contributed by atoms with van der Waals surface area (Å²) < 4.78 is 36.2. The van der Waals surface area contributed by atoms with Crippen LogP contribution in [0, 0.1) is 0 Å². The van der Waals surface area contributed by atoms with Crippen molar-refractivity contribution in [1.29, 1.82) is 0 Å². The summed E-state index contributed by atoms with van der Waals surface area (Å²) in [6.45, 7) is 5.94. The summed E-state index contributed by atoms with van der Waals surface area (Å²) >= 11 is 0. The normalized spacial score (nSPS) is 12.9. The van der Waals surface area contributed by atoms with E-state index in [1.807, 2.05) is 6.08 Å². The summed E-state index contributed by atoms with van der Waals surface area (Å²) in [6.07, 6.45) is 14.7. The third-order valence-corrected chi connectivity index (χ3v) is 14.2. The Morgan fingerprint density at radius 3 is 1.39 bits per heavy atom. The zero-order chi connectivity index (χ0) is 24.8. The Kier molecular flexibility index (Phi) is 21.5. The lowest BCUT2D eigenvalue weighted by Crippen LogP contribution is -2.44. The van der Waals surface area contributed by atoms with Crippen molar-refractivity contribution in [3.63, 3.8) is 0 Å². The van der Waals surface area contributed by atoms with Gasteiger partial charge in [0.1, 0.15) is 0 Å². The van der Waals surface area contributed by atoms with Crippen molar-refractivity contribution >= 4 is 27.3 Å². The molecule has 0 rings (SSSR count). The van der Waals surface area contributed by atoms with Gasteiger partial charge < -0.3 is 31.1 Å². The third-order valence-electron chi connectivity index (χ3n) is 6.41. The maximum absolute atomic E-state index is 5.59. The first kappa shape index (κ1) is 33.1. The van der Waals surface area contributed by atoms with E-state index in [0.29, 0.717) is 0 Å². The van der Waals surface area contributed by atoms with E-state index >= 15 is 0 Å². The number of hydrogen-bond acceptors (Lipinski definition) is 7. The van der Waals surface area contributed by atoms with Gasteiger partial charge in [-0.15, -0.1) is 6.58 Å². The maximum atomic E-state index is 5.59. The number of hydrogen-bond donors (Lipinski definition) is 0. The summed E-state index contributed by atoms with van der Waals surface area (Å²) in [5, 5.41) is 0. The van der Waals surface area contributed by atoms with Gasteiger partial charge in [0.05, 0.1) is 9.68 Å². The molecule has 10 heteroatoms. The predicted molar refractivity (Wildman–Crippen MR) is 144 cm³/mol. The van der Waals surface area contributed by atoms with Crippen LogP contribution in [0.25, 0.3) is 0 Å². The zero-order valence-electron chi connectivity index (χ0n) is 22.5. The standard InChI is InChI=1S/C23H53NO6Si3/c1-8-9-10-11-12-13-14-15-16-21-31-24(19-17-22-32(25-2,26-3)27-4)20-18-23-33(28-5,29-6)30-7/h8H,1,9-23,31H2,2-7H3. The Labute approximate surface area is 209 Å². The van der Waals surface area contributed by atoms with Crippen LogP contribution >= 0.6 is 0 Å². The molecule has 0 aromatic carbocycles. The van der Waals surface area contributed by atoms with Crippen molar-refractivity contribution in [3.8, 4) is 0 Å². The topological polar surface area (TPSA) is 58.6 Å². The molecular formula is C23H53NO6Si3. The van der Waals surface area contributed by atoms with Gasteiger partial charge >= 0.3 is 17.6 Å². The molecule has 0 aromatic heterocycles. The van der Waals surface area contributed by atoms with E-state index < -0.39 is 17.6 Å². The van der Waals surface area contributed by atoms with E-state index in [4.69, 9.17) is 26.6 Å². The van der Waals surface area contributed by atoms with Crippen molar-refractivity contribution in [2.45, 2.75) is 82.3 Å². The molecule has 0 aliphatic carbocycles. The SMILES string of the molecule is C=CCCCCCCCCC[SiH2]N(CCC[Si](OC)(OC)OC)CCC[Si](OC)(OC)OC. The highest BCUT2D eigenvalue weighted by molar-refractivity contribution is 6.60. The van der Waals surface area contributed by atoms with Crippen molar-refractivity contribution in [2.75, 3.05) is 55.7 Å². The van der Waals surface area contributed by atoms with Gasteiger partial charge in [-0.05, 0) is 44.8 Å². The van der Waals surface area contributed by atoms with Gasteiger partial charge in [0.2, 0.25) is 0 Å². The van der Waals surface area contributed by atoms with Crippen LogP contribution in [0.5, 0.6) is 0 Å². The fourth-order valence-corrected chi connectivity index (χ4v) is 9.50. The van der Waals surface area contributed by atoms with Gasteiger partial charge in [-0.3, -0.25) is 0 Å². The Morgan fingerprint density at radius 2 is 1.00 bits per heavy atom. The van der Waals surface area contributed by atoms with Crippen LogP contribution in [-0.2, 0) is 26.6 Å². The predicted octanol–water partition coefficient (Wildman–Crippen LogP) is 4.63. The van der Waals surface area contributed by atoms with Crippen LogP contribution in [0.3, 0.4) is 0 Å². The molecule has 0 spiro atoms. The highest BCUT2D eigenvalue weighted by atomic mass is 28.4. The lowest BCUT2D eigenvalue weighted by molar-refractivity contribution is 0.121. The van der Waals surface area contributed by atoms with Gasteiger partial charge in [-0.2, -0.15) is 0 Å². The fourth-order valence-electron chi connectivity index (χ4n) is 4.17. The average molecular weight is 524 g/mol. The molecule has 0 atom stereocenters. The number of allylic oxidation sites excluding steroid dienone is 1. The van der Waals surface area contributed by atoms with Crippen LogP contribution in [-0.4, -0.2) is 87.6 Å². The van der Waals surface area contributed by atoms with E-state index in [1.165, 1.54) is 51.0 Å². The van der Waals surface area contributed by atoms with E-state index in [-0.39, 0.29) is 9.68 Å². The lowest BCUT2D eigenvalue weighted by atomic mass is 10.1. The van der Waals surface area contributed by atoms with E-state index in [2.05, 4.69) is 11.1 Å². The maximum Gasteiger partial charge on any atom is 0.500 e. The number of rotatable bonds is 25. The van der Waals surface area contributed by atoms with Gasteiger partial charge in [0.25, 0.3) is 0 Å². The quantitative estimate of drug-likeness (QED) is 0.0982. The Bertz CT molecular complexity index is 411. The first-order chi connectivity index (χ1) is 16.0. The molecule has 0 radical (unpaired) electrons. The molecule has 0 N–H and O–H groups in total. The van der Waals surface area contributed by atoms with Gasteiger partial charge in [-0.1, -0.05) is 44.6 Å². The molecule has 0 amide bonds. The summed E-state index contributed by atoms with van der Waals surface area (Å²) in [6, 6.07) is 3.07. The molecule has 0 aromatic rings. The van der Waals surface area contributed by atoms with Gasteiger partial charge in [-0.25, -0.2) is 0 Å². The highest BCUT2D eigenvalue weighted by Crippen LogP contribution is 2.18. The molecule has 0 saturated carbocycles. The fraction of sp³-hybridized carbons (Fsp3) is 0.913. The van der Waals surface area contributed by atoms with Crippen LogP contribution in [0.15, 0.2) is 12.7 Å². The molecule has 0 aliphatic rings. The molecular weight excluding hydrogens is 471 g/mol. The average Bonchev–Trinajstić information content (AvgIpc) is 2.85. The van der Waals surface area contributed by atoms with E-state index in [0.717, 1.165) is 44.4 Å². The first-order valence-electron chi connectivity index (χ1n) is 12.6. The molecule has 0 aliphatic heterocycles. The second-order valence-corrected chi connectivity index (χ2v) is 16.8. The van der Waals surface area contributed by atoms with Crippen LogP contribution < -0.4 is 0 Å². The summed E-state index contributed by atoms with van der Waals surface area (Å²) in [7, 11) is 4.86. The third kappa shape index (κ3) is 15.0. The smallest absolute Gasteiger partial charge is 0.377 e. The van der Waals surface area contributed by atoms with Crippen molar-refractivity contribution < 1.29 is 26.6 Å². The minimum absolute atomic E-state index is 0.283. The second kappa shape index (κ2) is 21.4. The van der Waals surface area contributed by atoms with Crippen molar-refractivity contribution in [1.82, 2.24) is 4.57 Å². The Morgan fingerprint density at radius 1 is 0.606 bits per heavy atom. The van der Waals surface area contributed by atoms with Crippen molar-refractivity contribution in [3.05, 3.63) is 12.7 Å². The minimum Gasteiger partial charge on any atom is -0.377 e. The zero-order valence-corrected chi connectivity index (χ0v) is 25.9. The summed E-state index contributed by atoms with van der Waals surface area (Å²) in [5.41, 5.74) is 0. The minimum atomic E-state index is -2.50. The first-order valence-corrected chi connectivity index (χ1v) is 18.1. The molecule has 0 bridgehead atoms. The molecule has 0 unspecified atom stereocenters. The Balaban J connectivity index is 4.43. The van der Waals surface area contributed by atoms with Gasteiger partial charge in [0.15, 0.2) is 0 Å². The molecule has 0 fully saturated rings. The molecule has 0 heterocycles. The van der Waals surface area contributed by atoms with Crippen molar-refractivity contribution in [2.24, 2.45) is 0 Å². The van der Waals surface area contributed by atoms with E-state index in [1.54, 1.807) is 42.7 Å². The number of nitrogens with zero attached hydrogens (tertiary/aromatic N) is 1.